The van der Waals surface area contributed by atoms with Crippen molar-refractivity contribution < 1.29 is 27.2 Å². The Bertz CT molecular complexity index is 2010. The maximum atomic E-state index is 14.0. The van der Waals surface area contributed by atoms with Gasteiger partial charge in [-0.25, -0.2) is 18.4 Å². The van der Waals surface area contributed by atoms with Crippen LogP contribution in [0.5, 0.6) is 0 Å². The molecular formula is C30H32N5O7PS. The quantitative estimate of drug-likeness (QED) is 0.273. The lowest BCUT2D eigenvalue weighted by Gasteiger charge is -2.58. The fourth-order valence-electron chi connectivity index (χ4n) is 7.97. The van der Waals surface area contributed by atoms with Gasteiger partial charge in [0.25, 0.3) is 11.5 Å². The summed E-state index contributed by atoms with van der Waals surface area (Å²) in [5.74, 6) is -0.905. The molecule has 4 fully saturated rings. The number of fused-ring (bicyclic) bond motifs is 2. The lowest BCUT2D eigenvalue weighted by Crippen LogP contribution is -2.60. The van der Waals surface area contributed by atoms with Gasteiger partial charge in [0.05, 0.1) is 33.5 Å². The predicted molar refractivity (Wildman–Crippen MR) is 163 cm³/mol. The summed E-state index contributed by atoms with van der Waals surface area (Å²) in [5.41, 5.74) is 0.395. The van der Waals surface area contributed by atoms with E-state index >= 15 is 0 Å². The van der Waals surface area contributed by atoms with Crippen LogP contribution in [-0.4, -0.2) is 62.2 Å². The summed E-state index contributed by atoms with van der Waals surface area (Å²) in [6, 6.07) is 11.1. The van der Waals surface area contributed by atoms with Crippen molar-refractivity contribution >= 4 is 45.3 Å². The number of hydrogen-bond donors (Lipinski definition) is 2. The fourth-order valence-corrected chi connectivity index (χ4v) is 11.1. The molecule has 4 aromatic rings. The first-order chi connectivity index (χ1) is 20.9. The van der Waals surface area contributed by atoms with Gasteiger partial charge in [0.1, 0.15) is 12.0 Å². The Kier molecular flexibility index (Phi) is 7.00. The van der Waals surface area contributed by atoms with Crippen molar-refractivity contribution in [2.24, 2.45) is 17.8 Å². The molecule has 230 valence electrons. The number of nitrogens with one attached hydrogen (secondary N) is 1. The van der Waals surface area contributed by atoms with Crippen LogP contribution in [0.25, 0.3) is 21.8 Å². The Morgan fingerprint density at radius 2 is 1.84 bits per heavy atom. The van der Waals surface area contributed by atoms with Gasteiger partial charge in [0, 0.05) is 24.8 Å². The summed E-state index contributed by atoms with van der Waals surface area (Å²) in [6.07, 6.45) is 7.26. The second kappa shape index (κ2) is 10.5. The van der Waals surface area contributed by atoms with Gasteiger partial charge in [-0.3, -0.25) is 19.1 Å². The normalized spacial score (nSPS) is 27.4. The molecule has 14 heteroatoms. The van der Waals surface area contributed by atoms with Crippen LogP contribution < -0.4 is 10.9 Å². The van der Waals surface area contributed by atoms with E-state index in [9.17, 15) is 27.5 Å². The molecule has 3 aromatic heterocycles. The van der Waals surface area contributed by atoms with Gasteiger partial charge in [-0.1, -0.05) is 18.2 Å². The Morgan fingerprint density at radius 1 is 1.09 bits per heavy atom. The molecule has 0 radical (unpaired) electrons. The molecule has 4 aliphatic carbocycles. The lowest BCUT2D eigenvalue weighted by molar-refractivity contribution is -0.108. The molecule has 12 nitrogen and oxygen atoms in total. The second-order valence-corrected chi connectivity index (χ2v) is 16.3. The number of nitrogens with zero attached hydrogens (tertiary/aromatic N) is 4. The standard InChI is InChI=1S/C30H32N5O7PS/c1-43(38,39)42-30-12-19-9-21(13-30)27(22(10-19)14-30)44(40,41)35-17-34-26-16-33-25(11-23(26)29(35)37)28(36)31-7-6-18-8-20-4-2-3-5-24(20)32-15-18/h2-5,8,11,15-17,19,21-22,27H,6-7,9-10,12-14H2,1H3,(H,31,36)(H,38,39). The van der Waals surface area contributed by atoms with Gasteiger partial charge >= 0.3 is 7.60 Å². The highest BCUT2D eigenvalue weighted by Gasteiger charge is 2.61. The highest BCUT2D eigenvalue weighted by atomic mass is 32.2. The maximum absolute atomic E-state index is 14.0. The zero-order valence-electron chi connectivity index (χ0n) is 24.0. The van der Waals surface area contributed by atoms with E-state index in [1.807, 2.05) is 30.3 Å². The summed E-state index contributed by atoms with van der Waals surface area (Å²) in [6.45, 7) is 1.47. The van der Waals surface area contributed by atoms with E-state index in [0.717, 1.165) is 29.5 Å². The lowest BCUT2D eigenvalue weighted by atomic mass is 9.54. The maximum Gasteiger partial charge on any atom is 0.325 e. The Morgan fingerprint density at radius 3 is 2.59 bits per heavy atom. The van der Waals surface area contributed by atoms with Crippen molar-refractivity contribution in [3.63, 3.8) is 0 Å². The number of amides is 1. The fraction of sp³-hybridized carbons (Fsp3) is 0.433. The van der Waals surface area contributed by atoms with Crippen LogP contribution in [0.1, 0.15) is 48.2 Å². The molecule has 4 saturated carbocycles. The highest BCUT2D eigenvalue weighted by molar-refractivity contribution is 7.90. The molecule has 44 heavy (non-hydrogen) atoms. The molecule has 3 unspecified atom stereocenters. The van der Waals surface area contributed by atoms with Crippen LogP contribution in [0, 0.1) is 17.8 Å². The van der Waals surface area contributed by atoms with Crippen LogP contribution in [0.2, 0.25) is 0 Å². The summed E-state index contributed by atoms with van der Waals surface area (Å²) in [4.78, 5) is 49.3. The number of rotatable bonds is 8. The van der Waals surface area contributed by atoms with Crippen molar-refractivity contribution in [3.05, 3.63) is 76.7 Å². The summed E-state index contributed by atoms with van der Waals surface area (Å²) in [5, 5.41) is 2.95. The Labute approximate surface area is 253 Å². The van der Waals surface area contributed by atoms with E-state index in [4.69, 9.17) is 4.52 Å². The molecule has 0 aliphatic heterocycles. The highest BCUT2D eigenvalue weighted by Crippen LogP contribution is 2.62. The van der Waals surface area contributed by atoms with Crippen LogP contribution >= 0.6 is 7.60 Å². The van der Waals surface area contributed by atoms with E-state index < -0.39 is 39.9 Å². The number of hydrogen-bond acceptors (Lipinski definition) is 9. The monoisotopic (exact) mass is 637 g/mol. The minimum absolute atomic E-state index is 0.0224. The SMILES string of the molecule is CP(=O)(O)OC12CC3CC(C1)C(S(=O)(=O)n1cnc4cnc(C(=O)NCCc5cnc6ccccc6c5)cc4c1=O)C(C3)C2. The third-order valence-electron chi connectivity index (χ3n) is 9.31. The van der Waals surface area contributed by atoms with E-state index in [1.165, 1.54) is 12.3 Å². The number of carbonyl (C=O) groups is 1. The summed E-state index contributed by atoms with van der Waals surface area (Å²) < 4.78 is 46.6. The number of pyridine rings is 2. The van der Waals surface area contributed by atoms with E-state index in [0.29, 0.717) is 49.0 Å². The van der Waals surface area contributed by atoms with Gasteiger partial charge in [-0.15, -0.1) is 0 Å². The smallest absolute Gasteiger partial charge is 0.325 e. The molecule has 8 rings (SSSR count). The molecular weight excluding hydrogens is 605 g/mol. The van der Waals surface area contributed by atoms with Crippen LogP contribution in [0.3, 0.4) is 0 Å². The van der Waals surface area contributed by atoms with E-state index in [-0.39, 0.29) is 34.4 Å². The van der Waals surface area contributed by atoms with Crippen LogP contribution in [0.15, 0.2) is 59.9 Å². The summed E-state index contributed by atoms with van der Waals surface area (Å²) in [7, 11) is -7.95. The topological polar surface area (TPSA) is 170 Å². The Balaban J connectivity index is 1.11. The third kappa shape index (κ3) is 5.25. The molecule has 3 atom stereocenters. The summed E-state index contributed by atoms with van der Waals surface area (Å²) >= 11 is 0. The largest absolute Gasteiger partial charge is 0.350 e. The van der Waals surface area contributed by atoms with Crippen LogP contribution in [-0.2, 0) is 25.5 Å². The zero-order valence-corrected chi connectivity index (χ0v) is 25.7. The average Bonchev–Trinajstić information content (AvgIpc) is 2.95. The number of benzene rings is 1. The second-order valence-electron chi connectivity index (χ2n) is 12.5. The van der Waals surface area contributed by atoms with Gasteiger partial charge in [-0.2, -0.15) is 3.97 Å². The average molecular weight is 638 g/mol. The number of carbonyl (C=O) groups excluding carboxylic acids is 1. The molecule has 1 aromatic carbocycles. The van der Waals surface area contributed by atoms with E-state index in [1.54, 1.807) is 6.20 Å². The predicted octanol–water partition coefficient (Wildman–Crippen LogP) is 3.27. The first kappa shape index (κ1) is 29.2. The molecule has 1 amide bonds. The first-order valence-corrected chi connectivity index (χ1v) is 18.2. The van der Waals surface area contributed by atoms with Crippen LogP contribution in [0.4, 0.5) is 0 Å². The zero-order chi connectivity index (χ0) is 30.9. The van der Waals surface area contributed by atoms with Crippen molar-refractivity contribution in [2.45, 2.75) is 49.4 Å². The minimum atomic E-state index is -4.18. The van der Waals surface area contributed by atoms with Crippen molar-refractivity contribution in [3.8, 4) is 0 Å². The number of para-hydroxylation sites is 1. The third-order valence-corrected chi connectivity index (χ3v) is 12.3. The van der Waals surface area contributed by atoms with Crippen molar-refractivity contribution in [2.75, 3.05) is 13.2 Å². The van der Waals surface area contributed by atoms with Gasteiger partial charge < -0.3 is 14.7 Å². The van der Waals surface area contributed by atoms with Gasteiger partial charge in [0.2, 0.25) is 10.0 Å². The van der Waals surface area contributed by atoms with Crippen molar-refractivity contribution in [1.82, 2.24) is 24.2 Å². The number of aromatic nitrogens is 4. The molecule has 3 heterocycles. The molecule has 0 saturated heterocycles. The van der Waals surface area contributed by atoms with Gasteiger partial charge in [-0.05, 0) is 80.0 Å². The van der Waals surface area contributed by atoms with Crippen molar-refractivity contribution in [1.29, 1.82) is 0 Å². The molecule has 4 aliphatic rings. The van der Waals surface area contributed by atoms with E-state index in [2.05, 4.69) is 20.3 Å². The molecule has 4 bridgehead atoms. The molecule has 0 spiro atoms. The first-order valence-electron chi connectivity index (χ1n) is 14.7. The molecule has 2 N–H and O–H groups in total. The Hall–Kier alpha value is -3.51. The minimum Gasteiger partial charge on any atom is -0.350 e. The van der Waals surface area contributed by atoms with Gasteiger partial charge in [0.15, 0.2) is 0 Å².